The standard InChI is InChI=1S/C19H23N3O2/c1-13-12-14-6-2-5-9-17(14)22(13)19(24)16-8-4-3-7-15(16)18(23)21-11-10-20/h2,5-6,9,13,15-16H,3-4,7-8,11-12H2,1H3,(H,21,23)/t13-,15+,16+/m1/s1. The van der Waals surface area contributed by atoms with Crippen molar-refractivity contribution in [3.63, 3.8) is 0 Å². The van der Waals surface area contributed by atoms with Crippen LogP contribution < -0.4 is 10.2 Å². The zero-order valence-corrected chi connectivity index (χ0v) is 14.0. The number of benzene rings is 1. The van der Waals surface area contributed by atoms with Crippen LogP contribution in [0.1, 0.15) is 38.2 Å². The third kappa shape index (κ3) is 3.01. The van der Waals surface area contributed by atoms with Gasteiger partial charge in [-0.2, -0.15) is 5.26 Å². The number of fused-ring (bicyclic) bond motifs is 1. The Labute approximate surface area is 142 Å². The fourth-order valence-electron chi connectivity index (χ4n) is 4.08. The Morgan fingerprint density at radius 1 is 1.25 bits per heavy atom. The number of para-hydroxylation sites is 1. The van der Waals surface area contributed by atoms with E-state index in [-0.39, 0.29) is 36.2 Å². The van der Waals surface area contributed by atoms with E-state index in [4.69, 9.17) is 5.26 Å². The van der Waals surface area contributed by atoms with Gasteiger partial charge in [-0.15, -0.1) is 0 Å². The molecule has 0 saturated heterocycles. The maximum Gasteiger partial charge on any atom is 0.231 e. The molecule has 0 spiro atoms. The molecular formula is C19H23N3O2. The van der Waals surface area contributed by atoms with E-state index in [9.17, 15) is 9.59 Å². The molecule has 0 bridgehead atoms. The molecule has 1 aliphatic carbocycles. The highest BCUT2D eigenvalue weighted by Crippen LogP contribution is 2.37. The second kappa shape index (κ2) is 7.04. The molecule has 1 heterocycles. The fraction of sp³-hybridized carbons (Fsp3) is 0.526. The molecular weight excluding hydrogens is 302 g/mol. The van der Waals surface area contributed by atoms with E-state index in [1.54, 1.807) is 0 Å². The molecule has 1 fully saturated rings. The topological polar surface area (TPSA) is 73.2 Å². The van der Waals surface area contributed by atoms with Gasteiger partial charge in [0, 0.05) is 17.6 Å². The van der Waals surface area contributed by atoms with Crippen molar-refractivity contribution in [2.75, 3.05) is 11.4 Å². The maximum absolute atomic E-state index is 13.2. The van der Waals surface area contributed by atoms with Crippen LogP contribution in [0.5, 0.6) is 0 Å². The summed E-state index contributed by atoms with van der Waals surface area (Å²) in [5.74, 6) is -0.704. The number of anilines is 1. The number of carbonyl (C=O) groups excluding carboxylic acids is 2. The van der Waals surface area contributed by atoms with Crippen LogP contribution in [0.2, 0.25) is 0 Å². The normalized spacial score (nSPS) is 25.7. The summed E-state index contributed by atoms with van der Waals surface area (Å²) < 4.78 is 0. The van der Waals surface area contributed by atoms with Crippen LogP contribution in [0.3, 0.4) is 0 Å². The van der Waals surface area contributed by atoms with E-state index in [1.807, 2.05) is 29.2 Å². The smallest absolute Gasteiger partial charge is 0.231 e. The predicted molar refractivity (Wildman–Crippen MR) is 91.2 cm³/mol. The summed E-state index contributed by atoms with van der Waals surface area (Å²) in [5.41, 5.74) is 2.18. The molecule has 3 rings (SSSR count). The zero-order valence-electron chi connectivity index (χ0n) is 14.0. The summed E-state index contributed by atoms with van der Waals surface area (Å²) in [4.78, 5) is 27.5. The van der Waals surface area contributed by atoms with Gasteiger partial charge in [0.2, 0.25) is 11.8 Å². The molecule has 126 valence electrons. The molecule has 2 aliphatic rings. The van der Waals surface area contributed by atoms with Crippen molar-refractivity contribution in [1.82, 2.24) is 5.32 Å². The van der Waals surface area contributed by atoms with Gasteiger partial charge in [-0.3, -0.25) is 9.59 Å². The Morgan fingerprint density at radius 2 is 1.96 bits per heavy atom. The highest BCUT2D eigenvalue weighted by molar-refractivity contribution is 6.00. The monoisotopic (exact) mass is 325 g/mol. The number of rotatable bonds is 3. The van der Waals surface area contributed by atoms with Crippen LogP contribution in [-0.2, 0) is 16.0 Å². The quantitative estimate of drug-likeness (QED) is 0.867. The Balaban J connectivity index is 1.82. The molecule has 1 aromatic carbocycles. The van der Waals surface area contributed by atoms with E-state index in [0.29, 0.717) is 0 Å². The Morgan fingerprint density at radius 3 is 2.71 bits per heavy atom. The summed E-state index contributed by atoms with van der Waals surface area (Å²) in [6.07, 6.45) is 4.26. The Kier molecular flexibility index (Phi) is 4.84. The van der Waals surface area contributed by atoms with E-state index >= 15 is 0 Å². The molecule has 1 saturated carbocycles. The lowest BCUT2D eigenvalue weighted by molar-refractivity contribution is -0.135. The number of hydrogen-bond acceptors (Lipinski definition) is 3. The molecule has 0 radical (unpaired) electrons. The summed E-state index contributed by atoms with van der Waals surface area (Å²) in [7, 11) is 0. The van der Waals surface area contributed by atoms with Crippen molar-refractivity contribution < 1.29 is 9.59 Å². The van der Waals surface area contributed by atoms with Gasteiger partial charge in [-0.05, 0) is 37.8 Å². The summed E-state index contributed by atoms with van der Waals surface area (Å²) in [6, 6.07) is 10.1. The number of amides is 2. The third-order valence-electron chi connectivity index (χ3n) is 5.21. The van der Waals surface area contributed by atoms with Gasteiger partial charge in [0.15, 0.2) is 0 Å². The van der Waals surface area contributed by atoms with Crippen molar-refractivity contribution in [2.45, 2.75) is 45.1 Å². The fourth-order valence-corrected chi connectivity index (χ4v) is 4.08. The summed E-state index contributed by atoms with van der Waals surface area (Å²) >= 11 is 0. The van der Waals surface area contributed by atoms with Crippen molar-refractivity contribution in [3.05, 3.63) is 29.8 Å². The molecule has 1 N–H and O–H groups in total. The first kappa shape index (κ1) is 16.5. The molecule has 1 aromatic rings. The highest BCUT2D eigenvalue weighted by Gasteiger charge is 2.41. The second-order valence-corrected chi connectivity index (χ2v) is 6.76. The van der Waals surface area contributed by atoms with E-state index in [0.717, 1.165) is 37.8 Å². The molecule has 24 heavy (non-hydrogen) atoms. The van der Waals surface area contributed by atoms with E-state index < -0.39 is 0 Å². The van der Waals surface area contributed by atoms with Gasteiger partial charge >= 0.3 is 0 Å². The number of nitrogens with zero attached hydrogens (tertiary/aromatic N) is 2. The van der Waals surface area contributed by atoms with E-state index in [2.05, 4.69) is 18.3 Å². The molecule has 5 nitrogen and oxygen atoms in total. The average molecular weight is 325 g/mol. The molecule has 0 aromatic heterocycles. The first-order valence-corrected chi connectivity index (χ1v) is 8.69. The Bertz CT molecular complexity index is 679. The lowest BCUT2D eigenvalue weighted by atomic mass is 9.77. The van der Waals surface area contributed by atoms with Gasteiger partial charge in [0.1, 0.15) is 6.54 Å². The predicted octanol–water partition coefficient (Wildman–Crippen LogP) is 2.41. The van der Waals surface area contributed by atoms with Gasteiger partial charge in [0.05, 0.1) is 12.0 Å². The number of nitrogens with one attached hydrogen (secondary N) is 1. The first-order valence-electron chi connectivity index (χ1n) is 8.69. The van der Waals surface area contributed by atoms with Crippen LogP contribution in [0.15, 0.2) is 24.3 Å². The lowest BCUT2D eigenvalue weighted by Crippen LogP contribution is -2.47. The molecule has 2 amide bonds. The van der Waals surface area contributed by atoms with Crippen LogP contribution in [0.4, 0.5) is 5.69 Å². The minimum atomic E-state index is -0.320. The van der Waals surface area contributed by atoms with Crippen molar-refractivity contribution in [3.8, 4) is 6.07 Å². The first-order chi connectivity index (χ1) is 11.6. The van der Waals surface area contributed by atoms with Crippen molar-refractivity contribution >= 4 is 17.5 Å². The largest absolute Gasteiger partial charge is 0.343 e. The molecule has 0 unspecified atom stereocenters. The van der Waals surface area contributed by atoms with Gasteiger partial charge < -0.3 is 10.2 Å². The van der Waals surface area contributed by atoms with Crippen LogP contribution in [-0.4, -0.2) is 24.4 Å². The molecule has 3 atom stereocenters. The van der Waals surface area contributed by atoms with Gasteiger partial charge in [0.25, 0.3) is 0 Å². The third-order valence-corrected chi connectivity index (χ3v) is 5.21. The maximum atomic E-state index is 13.2. The van der Waals surface area contributed by atoms with Crippen LogP contribution in [0.25, 0.3) is 0 Å². The summed E-state index contributed by atoms with van der Waals surface area (Å²) in [5, 5.41) is 11.3. The molecule has 1 aliphatic heterocycles. The second-order valence-electron chi connectivity index (χ2n) is 6.76. The summed E-state index contributed by atoms with van der Waals surface area (Å²) in [6.45, 7) is 2.06. The number of hydrogen-bond donors (Lipinski definition) is 1. The Hall–Kier alpha value is -2.35. The SMILES string of the molecule is C[C@@H]1Cc2ccccc2N1C(=O)[C@H]1CCCC[C@@H]1C(=O)NCC#N. The number of nitriles is 1. The van der Waals surface area contributed by atoms with Gasteiger partial charge in [-0.25, -0.2) is 0 Å². The minimum absolute atomic E-state index is 0.000799. The zero-order chi connectivity index (χ0) is 17.1. The van der Waals surface area contributed by atoms with Crippen molar-refractivity contribution in [1.29, 1.82) is 5.26 Å². The van der Waals surface area contributed by atoms with Crippen molar-refractivity contribution in [2.24, 2.45) is 11.8 Å². The average Bonchev–Trinajstić information content (AvgIpc) is 2.94. The van der Waals surface area contributed by atoms with Crippen LogP contribution >= 0.6 is 0 Å². The van der Waals surface area contributed by atoms with Gasteiger partial charge in [-0.1, -0.05) is 31.0 Å². The van der Waals surface area contributed by atoms with E-state index in [1.165, 1.54) is 5.56 Å². The number of carbonyl (C=O) groups is 2. The minimum Gasteiger partial charge on any atom is -0.343 e. The van der Waals surface area contributed by atoms with Crippen LogP contribution in [0, 0.1) is 23.2 Å². The lowest BCUT2D eigenvalue weighted by Gasteiger charge is -2.34. The molecule has 5 heteroatoms. The highest BCUT2D eigenvalue weighted by atomic mass is 16.2.